The van der Waals surface area contributed by atoms with E-state index in [9.17, 15) is 9.59 Å². The maximum Gasteiger partial charge on any atom is 0.415 e. The van der Waals surface area contributed by atoms with Crippen LogP contribution in [-0.2, 0) is 0 Å². The molecule has 0 aliphatic carbocycles. The molecule has 0 bridgehead atoms. The molecule has 1 aromatic rings. The standard InChI is InChI=1S/C15H21N3O3/c1-2-8-16-14(19)17-9-11-18(12-10-17)15(20)21-13-6-4-3-5-7-13/h3-7H,2,8-12H2,1H3,(H,16,19). The number of ether oxygens (including phenoxy) is 1. The van der Waals surface area contributed by atoms with E-state index < -0.39 is 0 Å². The van der Waals surface area contributed by atoms with E-state index in [-0.39, 0.29) is 12.1 Å². The van der Waals surface area contributed by atoms with Crippen molar-refractivity contribution in [1.82, 2.24) is 15.1 Å². The number of urea groups is 1. The monoisotopic (exact) mass is 291 g/mol. The number of nitrogens with zero attached hydrogens (tertiary/aromatic N) is 2. The first kappa shape index (κ1) is 15.2. The number of benzene rings is 1. The summed E-state index contributed by atoms with van der Waals surface area (Å²) in [5.74, 6) is 0.533. The Morgan fingerprint density at radius 3 is 2.33 bits per heavy atom. The molecule has 0 atom stereocenters. The Bertz CT molecular complexity index is 470. The zero-order valence-electron chi connectivity index (χ0n) is 12.2. The van der Waals surface area contributed by atoms with Gasteiger partial charge in [0, 0.05) is 32.7 Å². The first-order valence-corrected chi connectivity index (χ1v) is 7.25. The molecule has 1 N–H and O–H groups in total. The second kappa shape index (κ2) is 7.52. The zero-order valence-corrected chi connectivity index (χ0v) is 12.2. The van der Waals surface area contributed by atoms with E-state index in [0.717, 1.165) is 6.42 Å². The Hall–Kier alpha value is -2.24. The van der Waals surface area contributed by atoms with E-state index in [1.54, 1.807) is 21.9 Å². The van der Waals surface area contributed by atoms with Gasteiger partial charge in [-0.1, -0.05) is 25.1 Å². The SMILES string of the molecule is CCCNC(=O)N1CCN(C(=O)Oc2ccccc2)CC1. The van der Waals surface area contributed by atoms with Crippen molar-refractivity contribution in [3.05, 3.63) is 30.3 Å². The second-order valence-electron chi connectivity index (χ2n) is 4.89. The summed E-state index contributed by atoms with van der Waals surface area (Å²) in [6, 6.07) is 8.92. The van der Waals surface area contributed by atoms with Gasteiger partial charge in [0.2, 0.25) is 0 Å². The molecule has 6 nitrogen and oxygen atoms in total. The van der Waals surface area contributed by atoms with Crippen molar-refractivity contribution in [1.29, 1.82) is 0 Å². The van der Waals surface area contributed by atoms with Crippen LogP contribution >= 0.6 is 0 Å². The van der Waals surface area contributed by atoms with Crippen LogP contribution in [0.1, 0.15) is 13.3 Å². The van der Waals surface area contributed by atoms with E-state index in [0.29, 0.717) is 38.5 Å². The Morgan fingerprint density at radius 2 is 1.71 bits per heavy atom. The van der Waals surface area contributed by atoms with Gasteiger partial charge in [-0.25, -0.2) is 9.59 Å². The highest BCUT2D eigenvalue weighted by molar-refractivity contribution is 5.75. The quantitative estimate of drug-likeness (QED) is 0.925. The number of carbonyl (C=O) groups is 2. The fraction of sp³-hybridized carbons (Fsp3) is 0.467. The average molecular weight is 291 g/mol. The van der Waals surface area contributed by atoms with Gasteiger partial charge < -0.3 is 19.9 Å². The number of carbonyl (C=O) groups excluding carboxylic acids is 2. The average Bonchev–Trinajstić information content (AvgIpc) is 2.53. The van der Waals surface area contributed by atoms with Gasteiger partial charge in [-0.15, -0.1) is 0 Å². The molecule has 1 aliphatic rings. The Labute approximate surface area is 124 Å². The smallest absolute Gasteiger partial charge is 0.410 e. The van der Waals surface area contributed by atoms with Crippen LogP contribution in [0.4, 0.5) is 9.59 Å². The summed E-state index contributed by atoms with van der Waals surface area (Å²) in [4.78, 5) is 27.2. The lowest BCUT2D eigenvalue weighted by atomic mass is 10.3. The van der Waals surface area contributed by atoms with Gasteiger partial charge in [-0.05, 0) is 18.6 Å². The molecule has 1 aromatic carbocycles. The predicted molar refractivity (Wildman–Crippen MR) is 79.3 cm³/mol. The number of nitrogens with one attached hydrogen (secondary N) is 1. The predicted octanol–water partition coefficient (Wildman–Crippen LogP) is 1.92. The summed E-state index contributed by atoms with van der Waals surface area (Å²) in [5.41, 5.74) is 0. The van der Waals surface area contributed by atoms with E-state index in [1.807, 2.05) is 25.1 Å². The summed E-state index contributed by atoms with van der Waals surface area (Å²) in [5, 5.41) is 2.84. The Kier molecular flexibility index (Phi) is 5.43. The lowest BCUT2D eigenvalue weighted by Crippen LogP contribution is -2.53. The first-order valence-electron chi connectivity index (χ1n) is 7.25. The summed E-state index contributed by atoms with van der Waals surface area (Å²) in [6.45, 7) is 4.72. The van der Waals surface area contributed by atoms with Gasteiger partial charge in [0.1, 0.15) is 5.75 Å². The fourth-order valence-corrected chi connectivity index (χ4v) is 2.09. The summed E-state index contributed by atoms with van der Waals surface area (Å²) in [7, 11) is 0. The van der Waals surface area contributed by atoms with Gasteiger partial charge in [-0.2, -0.15) is 0 Å². The largest absolute Gasteiger partial charge is 0.415 e. The molecule has 2 rings (SSSR count). The molecule has 0 spiro atoms. The Balaban J connectivity index is 1.78. The normalized spacial score (nSPS) is 14.7. The van der Waals surface area contributed by atoms with Crippen molar-refractivity contribution < 1.29 is 14.3 Å². The first-order chi connectivity index (χ1) is 10.2. The van der Waals surface area contributed by atoms with Crippen molar-refractivity contribution >= 4 is 12.1 Å². The summed E-state index contributed by atoms with van der Waals surface area (Å²) in [6.07, 6.45) is 0.546. The lowest BCUT2D eigenvalue weighted by Gasteiger charge is -2.34. The van der Waals surface area contributed by atoms with Crippen LogP contribution in [0.2, 0.25) is 0 Å². The summed E-state index contributed by atoms with van der Waals surface area (Å²) < 4.78 is 5.28. The third-order valence-corrected chi connectivity index (χ3v) is 3.30. The second-order valence-corrected chi connectivity index (χ2v) is 4.89. The molecule has 6 heteroatoms. The topological polar surface area (TPSA) is 61.9 Å². The van der Waals surface area contributed by atoms with E-state index in [2.05, 4.69) is 5.32 Å². The third kappa shape index (κ3) is 4.37. The van der Waals surface area contributed by atoms with Crippen LogP contribution in [0.3, 0.4) is 0 Å². The van der Waals surface area contributed by atoms with Crippen molar-refractivity contribution in [3.8, 4) is 5.75 Å². The molecule has 114 valence electrons. The van der Waals surface area contributed by atoms with Gasteiger partial charge in [0.15, 0.2) is 0 Å². The molecular formula is C15H21N3O3. The van der Waals surface area contributed by atoms with E-state index in [1.165, 1.54) is 0 Å². The molecule has 0 saturated carbocycles. The number of hydrogen-bond donors (Lipinski definition) is 1. The van der Waals surface area contributed by atoms with Crippen LogP contribution in [0.15, 0.2) is 30.3 Å². The van der Waals surface area contributed by atoms with E-state index >= 15 is 0 Å². The highest BCUT2D eigenvalue weighted by Crippen LogP contribution is 2.11. The fourth-order valence-electron chi connectivity index (χ4n) is 2.09. The van der Waals surface area contributed by atoms with Crippen molar-refractivity contribution in [2.75, 3.05) is 32.7 Å². The highest BCUT2D eigenvalue weighted by Gasteiger charge is 2.24. The summed E-state index contributed by atoms with van der Waals surface area (Å²) >= 11 is 0. The minimum atomic E-state index is -0.366. The molecule has 21 heavy (non-hydrogen) atoms. The minimum Gasteiger partial charge on any atom is -0.410 e. The molecule has 0 radical (unpaired) electrons. The number of piperazine rings is 1. The number of hydrogen-bond acceptors (Lipinski definition) is 3. The number of para-hydroxylation sites is 1. The van der Waals surface area contributed by atoms with Crippen molar-refractivity contribution in [3.63, 3.8) is 0 Å². The van der Waals surface area contributed by atoms with Crippen LogP contribution in [0, 0.1) is 0 Å². The van der Waals surface area contributed by atoms with Crippen LogP contribution in [-0.4, -0.2) is 54.6 Å². The lowest BCUT2D eigenvalue weighted by molar-refractivity contribution is 0.117. The zero-order chi connectivity index (χ0) is 15.1. The molecular weight excluding hydrogens is 270 g/mol. The maximum atomic E-state index is 12.0. The van der Waals surface area contributed by atoms with Crippen LogP contribution in [0.5, 0.6) is 5.75 Å². The number of rotatable bonds is 3. The van der Waals surface area contributed by atoms with Gasteiger partial charge in [-0.3, -0.25) is 0 Å². The molecule has 0 aromatic heterocycles. The Morgan fingerprint density at radius 1 is 1.10 bits per heavy atom. The minimum absolute atomic E-state index is 0.0621. The van der Waals surface area contributed by atoms with Gasteiger partial charge in [0.05, 0.1) is 0 Å². The van der Waals surface area contributed by atoms with Crippen LogP contribution in [0.25, 0.3) is 0 Å². The van der Waals surface area contributed by atoms with Crippen molar-refractivity contribution in [2.24, 2.45) is 0 Å². The van der Waals surface area contributed by atoms with Gasteiger partial charge >= 0.3 is 12.1 Å². The molecule has 1 saturated heterocycles. The van der Waals surface area contributed by atoms with Gasteiger partial charge in [0.25, 0.3) is 0 Å². The molecule has 1 fully saturated rings. The number of amides is 3. The van der Waals surface area contributed by atoms with E-state index in [4.69, 9.17) is 4.74 Å². The molecule has 1 heterocycles. The highest BCUT2D eigenvalue weighted by atomic mass is 16.6. The van der Waals surface area contributed by atoms with Crippen molar-refractivity contribution in [2.45, 2.75) is 13.3 Å². The van der Waals surface area contributed by atoms with Crippen LogP contribution < -0.4 is 10.1 Å². The molecule has 3 amide bonds. The third-order valence-electron chi connectivity index (χ3n) is 3.30. The molecule has 0 unspecified atom stereocenters. The maximum absolute atomic E-state index is 12.0. The molecule has 1 aliphatic heterocycles.